The van der Waals surface area contributed by atoms with Crippen molar-refractivity contribution in [1.82, 2.24) is 20.0 Å². The lowest BCUT2D eigenvalue weighted by Crippen LogP contribution is -2.49. The summed E-state index contributed by atoms with van der Waals surface area (Å²) in [6.07, 6.45) is 5.00. The number of halogens is 1. The fraction of sp³-hybridized carbons (Fsp3) is 0.478. The van der Waals surface area contributed by atoms with Crippen molar-refractivity contribution in [2.75, 3.05) is 26.7 Å². The Hall–Kier alpha value is -2.71. The number of aromatic nitrogens is 2. The van der Waals surface area contributed by atoms with Crippen molar-refractivity contribution in [1.29, 1.82) is 0 Å². The Kier molecular flexibility index (Phi) is 6.91. The molecule has 0 aliphatic carbocycles. The van der Waals surface area contributed by atoms with Gasteiger partial charge >= 0.3 is 0 Å². The van der Waals surface area contributed by atoms with Gasteiger partial charge in [-0.15, -0.1) is 0 Å². The Morgan fingerprint density at radius 2 is 2.09 bits per heavy atom. The summed E-state index contributed by atoms with van der Waals surface area (Å²) >= 11 is 6.52. The third kappa shape index (κ3) is 4.71. The smallest absolute Gasteiger partial charge is 0.251 e. The fourth-order valence-corrected chi connectivity index (χ4v) is 4.64. The highest BCUT2D eigenvalue weighted by Gasteiger charge is 2.32. The van der Waals surface area contributed by atoms with Gasteiger partial charge in [0.25, 0.3) is 5.91 Å². The summed E-state index contributed by atoms with van der Waals surface area (Å²) in [5, 5.41) is 7.47. The maximum Gasteiger partial charge on any atom is 0.251 e. The van der Waals surface area contributed by atoms with Crippen LogP contribution in [0.2, 0.25) is 5.02 Å². The van der Waals surface area contributed by atoms with Gasteiger partial charge in [0.1, 0.15) is 11.9 Å². The Morgan fingerprint density at radius 1 is 1.31 bits per heavy atom. The molecule has 9 heteroatoms. The molecular formula is C23H29ClN6O2. The molecular weight excluding hydrogens is 428 g/mol. The van der Waals surface area contributed by atoms with Gasteiger partial charge in [0, 0.05) is 44.5 Å². The molecule has 8 nitrogen and oxygen atoms in total. The summed E-state index contributed by atoms with van der Waals surface area (Å²) in [5.41, 5.74) is 2.97. The van der Waals surface area contributed by atoms with E-state index in [0.29, 0.717) is 23.0 Å². The number of aliphatic imine (C=N–C) groups is 2. The van der Waals surface area contributed by atoms with Crippen LogP contribution < -0.4 is 0 Å². The summed E-state index contributed by atoms with van der Waals surface area (Å²) < 4.78 is 5.56. The molecule has 1 atom stereocenters. The van der Waals surface area contributed by atoms with Crippen LogP contribution in [0.4, 0.5) is 11.4 Å². The van der Waals surface area contributed by atoms with Crippen molar-refractivity contribution in [3.8, 4) is 11.3 Å². The number of rotatable bonds is 5. The number of hydrogen-bond acceptors (Lipinski definition) is 5. The standard InChI is InChI=1S/C23H29ClN6O2/c1-15(27-21-14-18(24)17(13-20(21)25-2)19-6-9-26-28-19)30-10-7-16(8-11-30)29(3)23(31)22-5-4-12-32-22/h6,9,13-14,16,22H,2,4-5,7-8,10-12H2,1,3H3,(H,26,28)/t22-/m1/s1. The molecule has 0 spiro atoms. The third-order valence-corrected chi connectivity index (χ3v) is 6.64. The molecule has 4 rings (SSSR count). The highest BCUT2D eigenvalue weighted by atomic mass is 35.5. The van der Waals surface area contributed by atoms with Crippen LogP contribution >= 0.6 is 11.6 Å². The molecule has 1 aromatic carbocycles. The first-order chi connectivity index (χ1) is 15.5. The van der Waals surface area contributed by atoms with Gasteiger partial charge in [-0.25, -0.2) is 4.99 Å². The van der Waals surface area contributed by atoms with Gasteiger partial charge in [-0.05, 0) is 57.5 Å². The zero-order valence-corrected chi connectivity index (χ0v) is 19.3. The number of H-pyrrole nitrogens is 1. The van der Waals surface area contributed by atoms with Crippen LogP contribution in [0, 0.1) is 0 Å². The number of ether oxygens (including phenoxy) is 1. The van der Waals surface area contributed by atoms with E-state index in [0.717, 1.165) is 55.9 Å². The summed E-state index contributed by atoms with van der Waals surface area (Å²) in [6.45, 7) is 8.04. The number of carbonyl (C=O) groups excluding carboxylic acids is 1. The molecule has 2 fully saturated rings. The van der Waals surface area contributed by atoms with E-state index in [1.165, 1.54) is 0 Å². The summed E-state index contributed by atoms with van der Waals surface area (Å²) in [7, 11) is 1.90. The Labute approximate surface area is 193 Å². The average molecular weight is 457 g/mol. The number of benzene rings is 1. The predicted molar refractivity (Wildman–Crippen MR) is 127 cm³/mol. The molecule has 2 aliphatic heterocycles. The van der Waals surface area contributed by atoms with E-state index in [9.17, 15) is 4.79 Å². The zero-order valence-electron chi connectivity index (χ0n) is 18.6. The summed E-state index contributed by atoms with van der Waals surface area (Å²) in [4.78, 5) is 25.7. The van der Waals surface area contributed by atoms with Crippen LogP contribution in [0.15, 0.2) is 34.4 Å². The number of carbonyl (C=O) groups is 1. The lowest BCUT2D eigenvalue weighted by molar-refractivity contribution is -0.142. The van der Waals surface area contributed by atoms with E-state index < -0.39 is 0 Å². The maximum absolute atomic E-state index is 12.6. The Balaban J connectivity index is 1.43. The van der Waals surface area contributed by atoms with E-state index in [1.54, 1.807) is 6.20 Å². The molecule has 0 radical (unpaired) electrons. The minimum Gasteiger partial charge on any atom is -0.368 e. The number of likely N-dealkylation sites (tertiary alicyclic amines) is 1. The van der Waals surface area contributed by atoms with Crippen molar-refractivity contribution in [2.45, 2.75) is 44.8 Å². The van der Waals surface area contributed by atoms with E-state index in [2.05, 4.69) is 26.8 Å². The van der Waals surface area contributed by atoms with Crippen LogP contribution in [0.5, 0.6) is 0 Å². The summed E-state index contributed by atoms with van der Waals surface area (Å²) in [6, 6.07) is 5.76. The molecule has 0 bridgehead atoms. The molecule has 1 N–H and O–H groups in total. The van der Waals surface area contributed by atoms with E-state index in [-0.39, 0.29) is 18.1 Å². The number of piperidine rings is 1. The van der Waals surface area contributed by atoms with Gasteiger partial charge in [-0.3, -0.25) is 14.9 Å². The fourth-order valence-electron chi connectivity index (χ4n) is 4.38. The predicted octanol–water partition coefficient (Wildman–Crippen LogP) is 4.21. The number of nitrogens with zero attached hydrogens (tertiary/aromatic N) is 5. The molecule has 3 heterocycles. The number of nitrogens with one attached hydrogen (secondary N) is 1. The topological polar surface area (TPSA) is 86.2 Å². The number of aromatic amines is 1. The van der Waals surface area contributed by atoms with E-state index in [4.69, 9.17) is 21.3 Å². The molecule has 2 saturated heterocycles. The molecule has 2 aliphatic rings. The van der Waals surface area contributed by atoms with Crippen molar-refractivity contribution in [3.63, 3.8) is 0 Å². The second-order valence-corrected chi connectivity index (χ2v) is 8.68. The van der Waals surface area contributed by atoms with Crippen molar-refractivity contribution in [3.05, 3.63) is 29.4 Å². The lowest BCUT2D eigenvalue weighted by Gasteiger charge is -2.38. The second-order valence-electron chi connectivity index (χ2n) is 8.28. The minimum absolute atomic E-state index is 0.111. The maximum atomic E-state index is 12.6. The molecule has 0 unspecified atom stereocenters. The second kappa shape index (κ2) is 9.83. The highest BCUT2D eigenvalue weighted by Crippen LogP contribution is 2.38. The van der Waals surface area contributed by atoms with E-state index >= 15 is 0 Å². The SMILES string of the molecule is C=Nc1cc(-c2ccn[nH]2)c(Cl)cc1N=C(C)N1CCC(N(C)C(=O)[C@H]2CCCO2)CC1. The zero-order chi connectivity index (χ0) is 22.7. The average Bonchev–Trinajstić information content (AvgIpc) is 3.53. The Bertz CT molecular complexity index is 992. The Morgan fingerprint density at radius 3 is 2.72 bits per heavy atom. The highest BCUT2D eigenvalue weighted by molar-refractivity contribution is 6.33. The molecule has 1 aromatic heterocycles. The van der Waals surface area contributed by atoms with Crippen molar-refractivity contribution >= 4 is 41.4 Å². The normalized spacial score (nSPS) is 19.9. The van der Waals surface area contributed by atoms with Crippen LogP contribution in [-0.4, -0.2) is 77.3 Å². The van der Waals surface area contributed by atoms with Gasteiger partial charge in [-0.2, -0.15) is 5.10 Å². The lowest BCUT2D eigenvalue weighted by atomic mass is 10.0. The van der Waals surface area contributed by atoms with Gasteiger partial charge in [0.05, 0.1) is 22.1 Å². The van der Waals surface area contributed by atoms with Crippen LogP contribution in [-0.2, 0) is 9.53 Å². The molecule has 32 heavy (non-hydrogen) atoms. The van der Waals surface area contributed by atoms with Crippen LogP contribution in [0.25, 0.3) is 11.3 Å². The molecule has 1 amide bonds. The van der Waals surface area contributed by atoms with Crippen molar-refractivity contribution < 1.29 is 9.53 Å². The van der Waals surface area contributed by atoms with Crippen molar-refractivity contribution in [2.24, 2.45) is 9.98 Å². The van der Waals surface area contributed by atoms with Gasteiger partial charge in [0.15, 0.2) is 0 Å². The van der Waals surface area contributed by atoms with Gasteiger partial charge < -0.3 is 14.5 Å². The van der Waals surface area contributed by atoms with Crippen LogP contribution in [0.1, 0.15) is 32.6 Å². The first-order valence-corrected chi connectivity index (χ1v) is 11.3. The van der Waals surface area contributed by atoms with Gasteiger partial charge in [-0.1, -0.05) is 11.6 Å². The third-order valence-electron chi connectivity index (χ3n) is 6.33. The first-order valence-electron chi connectivity index (χ1n) is 11.0. The molecule has 0 saturated carbocycles. The monoisotopic (exact) mass is 456 g/mol. The number of likely N-dealkylation sites (N-methyl/N-ethyl adjacent to an activating group) is 1. The summed E-state index contributed by atoms with van der Waals surface area (Å²) in [5.74, 6) is 1.01. The number of hydrogen-bond donors (Lipinski definition) is 1. The van der Waals surface area contributed by atoms with Gasteiger partial charge in [0.2, 0.25) is 0 Å². The quantitative estimate of drug-likeness (QED) is 0.539. The number of amidine groups is 1. The van der Waals surface area contributed by atoms with Crippen LogP contribution in [0.3, 0.4) is 0 Å². The molecule has 170 valence electrons. The van der Waals surface area contributed by atoms with E-state index in [1.807, 2.05) is 37.1 Å². The minimum atomic E-state index is -0.263. The first kappa shape index (κ1) is 22.5. The molecule has 2 aromatic rings. The number of amides is 1. The largest absolute Gasteiger partial charge is 0.368 e.